The summed E-state index contributed by atoms with van der Waals surface area (Å²) in [5.74, 6) is 1.98. The topological polar surface area (TPSA) is 123 Å². The summed E-state index contributed by atoms with van der Waals surface area (Å²) in [4.78, 5) is 24.8. The molecule has 24 heavy (non-hydrogen) atoms. The van der Waals surface area contributed by atoms with Crippen LogP contribution in [0.5, 0.6) is 0 Å². The van der Waals surface area contributed by atoms with Gasteiger partial charge in [-0.3, -0.25) is 20.3 Å². The van der Waals surface area contributed by atoms with Gasteiger partial charge in [-0.15, -0.1) is 6.58 Å². The number of nitrogens with two attached hydrogens (primary N) is 1. The van der Waals surface area contributed by atoms with Gasteiger partial charge in [0.2, 0.25) is 5.69 Å². The van der Waals surface area contributed by atoms with E-state index in [4.69, 9.17) is 14.1 Å². The summed E-state index contributed by atoms with van der Waals surface area (Å²) < 4.78 is 86.2. The van der Waals surface area contributed by atoms with Crippen LogP contribution in [0.25, 0.3) is 0 Å². The average Bonchev–Trinajstić information content (AvgIpc) is 2.56. The minimum atomic E-state index is -5.33. The van der Waals surface area contributed by atoms with Crippen molar-refractivity contribution < 1.29 is 31.1 Å². The minimum absolute atomic E-state index is 0.0718. The van der Waals surface area contributed by atoms with Gasteiger partial charge in [-0.25, -0.2) is 10.8 Å². The number of carbonyl (C=O) groups excluding carboxylic acids is 1. The highest BCUT2D eigenvalue weighted by atomic mass is 19.4. The Labute approximate surface area is 143 Å². The van der Waals surface area contributed by atoms with E-state index in [1.165, 1.54) is 5.43 Å². The SMILES string of the molecule is [2H]C([2H])([2H])C(CC=C)(Nc1nc(C(=O)NN)c([N+](=O)[O-])cc1C(F)(F)F)C([2H])([2H])[2H]. The Bertz CT molecular complexity index is 843. The van der Waals surface area contributed by atoms with Crippen molar-refractivity contribution in [3.8, 4) is 0 Å². The number of halogens is 3. The number of nitro groups is 1. The molecule has 1 heterocycles. The number of amides is 1. The summed E-state index contributed by atoms with van der Waals surface area (Å²) in [7, 11) is 0. The number of alkyl halides is 3. The first kappa shape index (κ1) is 11.8. The van der Waals surface area contributed by atoms with Gasteiger partial charge in [-0.1, -0.05) is 6.08 Å². The summed E-state index contributed by atoms with van der Waals surface area (Å²) in [5, 5.41) is 12.9. The quantitative estimate of drug-likeness (QED) is 0.237. The molecule has 0 saturated carbocycles. The first-order valence-electron chi connectivity index (χ1n) is 9.09. The lowest BCUT2D eigenvalue weighted by Gasteiger charge is -2.27. The highest BCUT2D eigenvalue weighted by Crippen LogP contribution is 2.38. The van der Waals surface area contributed by atoms with E-state index < -0.39 is 65.4 Å². The standard InChI is InChI=1S/C13H16F3N5O3/c1-4-5-12(2,3)19-10-7(13(14,15)16)6-8(21(23)24)9(18-10)11(22)20-17/h4,6H,1,5,17H2,2-3H3,(H,18,19)(H,20,22)/i2D3,3D3. The van der Waals surface area contributed by atoms with Crippen LogP contribution in [0.3, 0.4) is 0 Å². The normalized spacial score (nSPS) is 16.5. The minimum Gasteiger partial charge on any atom is -0.364 e. The number of anilines is 1. The third kappa shape index (κ3) is 4.41. The van der Waals surface area contributed by atoms with Gasteiger partial charge in [0.15, 0.2) is 0 Å². The van der Waals surface area contributed by atoms with Crippen LogP contribution in [0.15, 0.2) is 18.7 Å². The van der Waals surface area contributed by atoms with E-state index in [2.05, 4.69) is 11.6 Å². The van der Waals surface area contributed by atoms with Gasteiger partial charge in [0, 0.05) is 19.8 Å². The predicted molar refractivity (Wildman–Crippen MR) is 80.1 cm³/mol. The zero-order valence-electron chi connectivity index (χ0n) is 17.9. The van der Waals surface area contributed by atoms with Crippen LogP contribution in [-0.2, 0) is 6.18 Å². The van der Waals surface area contributed by atoms with Crippen LogP contribution in [0, 0.1) is 10.1 Å². The van der Waals surface area contributed by atoms with Crippen LogP contribution in [0.4, 0.5) is 24.7 Å². The lowest BCUT2D eigenvalue weighted by Crippen LogP contribution is -2.34. The van der Waals surface area contributed by atoms with Gasteiger partial charge in [-0.05, 0) is 20.1 Å². The zero-order chi connectivity index (χ0) is 23.7. The Morgan fingerprint density at radius 2 is 2.21 bits per heavy atom. The summed E-state index contributed by atoms with van der Waals surface area (Å²) in [5.41, 5.74) is -5.99. The first-order valence-corrected chi connectivity index (χ1v) is 6.09. The lowest BCUT2D eigenvalue weighted by molar-refractivity contribution is -0.385. The van der Waals surface area contributed by atoms with Gasteiger partial charge >= 0.3 is 11.9 Å². The van der Waals surface area contributed by atoms with E-state index in [1.807, 2.05) is 0 Å². The largest absolute Gasteiger partial charge is 0.420 e. The van der Waals surface area contributed by atoms with Crippen LogP contribution < -0.4 is 16.6 Å². The van der Waals surface area contributed by atoms with Gasteiger partial charge < -0.3 is 5.32 Å². The van der Waals surface area contributed by atoms with Crippen molar-refractivity contribution in [3.05, 3.63) is 40.1 Å². The molecule has 0 aliphatic heterocycles. The van der Waals surface area contributed by atoms with Gasteiger partial charge in [0.1, 0.15) is 11.4 Å². The van der Waals surface area contributed by atoms with Crippen LogP contribution >= 0.6 is 0 Å². The molecule has 0 aromatic carbocycles. The molecule has 0 saturated heterocycles. The van der Waals surface area contributed by atoms with E-state index in [9.17, 15) is 28.1 Å². The molecule has 0 bridgehead atoms. The highest BCUT2D eigenvalue weighted by molar-refractivity contribution is 5.96. The maximum absolute atomic E-state index is 13.5. The molecule has 132 valence electrons. The molecule has 0 atom stereocenters. The molecule has 4 N–H and O–H groups in total. The third-order valence-corrected chi connectivity index (χ3v) is 2.63. The molecule has 8 nitrogen and oxygen atoms in total. The summed E-state index contributed by atoms with van der Waals surface area (Å²) in [6.45, 7) is -3.61. The van der Waals surface area contributed by atoms with E-state index in [0.717, 1.165) is 6.08 Å². The molecular weight excluding hydrogens is 331 g/mol. The second kappa shape index (κ2) is 6.83. The first-order chi connectivity index (χ1) is 13.4. The molecular formula is C13H16F3N5O3. The van der Waals surface area contributed by atoms with Crippen LogP contribution in [0.2, 0.25) is 0 Å². The molecule has 0 radical (unpaired) electrons. The lowest BCUT2D eigenvalue weighted by atomic mass is 10.00. The van der Waals surface area contributed by atoms with Crippen molar-refractivity contribution in [1.82, 2.24) is 10.4 Å². The molecule has 1 rings (SSSR count). The Morgan fingerprint density at radius 1 is 1.58 bits per heavy atom. The number of nitrogens with zero attached hydrogens (tertiary/aromatic N) is 2. The highest BCUT2D eigenvalue weighted by Gasteiger charge is 2.39. The maximum Gasteiger partial charge on any atom is 0.420 e. The Kier molecular flexibility index (Phi) is 3.35. The van der Waals surface area contributed by atoms with Crippen molar-refractivity contribution in [2.24, 2.45) is 5.84 Å². The molecule has 0 aliphatic carbocycles. The monoisotopic (exact) mass is 353 g/mol. The van der Waals surface area contributed by atoms with E-state index in [-0.39, 0.29) is 6.07 Å². The van der Waals surface area contributed by atoms with E-state index >= 15 is 0 Å². The smallest absolute Gasteiger partial charge is 0.364 e. The fourth-order valence-corrected chi connectivity index (χ4v) is 1.66. The summed E-state index contributed by atoms with van der Waals surface area (Å²) in [6.07, 6.45) is -5.34. The average molecular weight is 353 g/mol. The van der Waals surface area contributed by atoms with Gasteiger partial charge in [-0.2, -0.15) is 13.2 Å². The third-order valence-electron chi connectivity index (χ3n) is 2.63. The number of hydrogen-bond donors (Lipinski definition) is 3. The second-order valence-electron chi connectivity index (χ2n) is 4.50. The van der Waals surface area contributed by atoms with E-state index in [0.29, 0.717) is 0 Å². The predicted octanol–water partition coefficient (Wildman–Crippen LogP) is 2.38. The van der Waals surface area contributed by atoms with Crippen molar-refractivity contribution in [1.29, 1.82) is 0 Å². The maximum atomic E-state index is 13.5. The summed E-state index contributed by atoms with van der Waals surface area (Å²) in [6, 6.07) is -0.0718. The van der Waals surface area contributed by atoms with Crippen molar-refractivity contribution in [2.75, 3.05) is 5.32 Å². The van der Waals surface area contributed by atoms with Gasteiger partial charge in [0.05, 0.1) is 4.92 Å². The van der Waals surface area contributed by atoms with E-state index in [1.54, 1.807) is 5.32 Å². The fourth-order valence-electron chi connectivity index (χ4n) is 1.66. The number of nitrogen functional groups attached to an aromatic ring is 1. The number of nitrogens with one attached hydrogen (secondary N) is 2. The number of carbonyl (C=O) groups is 1. The number of aromatic nitrogens is 1. The molecule has 0 fully saturated rings. The fraction of sp³-hybridized carbons (Fsp3) is 0.385. The zero-order valence-corrected chi connectivity index (χ0v) is 11.9. The van der Waals surface area contributed by atoms with Crippen molar-refractivity contribution in [2.45, 2.75) is 31.8 Å². The van der Waals surface area contributed by atoms with Crippen LogP contribution in [0.1, 0.15) is 44.4 Å². The second-order valence-corrected chi connectivity index (χ2v) is 4.50. The molecule has 1 amide bonds. The van der Waals surface area contributed by atoms with Crippen LogP contribution in [-0.4, -0.2) is 21.4 Å². The Balaban J connectivity index is 3.98. The molecule has 1 aromatic rings. The van der Waals surface area contributed by atoms with Crippen molar-refractivity contribution >= 4 is 17.4 Å². The number of hydrogen-bond acceptors (Lipinski definition) is 6. The Morgan fingerprint density at radius 3 is 2.62 bits per heavy atom. The molecule has 0 unspecified atom stereocenters. The number of pyridine rings is 1. The summed E-state index contributed by atoms with van der Waals surface area (Å²) >= 11 is 0. The van der Waals surface area contributed by atoms with Crippen molar-refractivity contribution in [3.63, 3.8) is 0 Å². The molecule has 11 heteroatoms. The molecule has 0 spiro atoms. The Hall–Kier alpha value is -2.69. The number of rotatable bonds is 6. The van der Waals surface area contributed by atoms with Gasteiger partial charge in [0.25, 0.3) is 5.91 Å². The molecule has 0 aliphatic rings. The number of hydrazine groups is 1. The molecule has 1 aromatic heterocycles.